The van der Waals surface area contributed by atoms with Crippen molar-refractivity contribution in [3.05, 3.63) is 47.7 Å². The summed E-state index contributed by atoms with van der Waals surface area (Å²) < 4.78 is 4.47. The van der Waals surface area contributed by atoms with Crippen molar-refractivity contribution in [2.45, 2.75) is 13.0 Å². The zero-order valence-corrected chi connectivity index (χ0v) is 9.81. The van der Waals surface area contributed by atoms with Gasteiger partial charge in [-0.2, -0.15) is 5.26 Å². The van der Waals surface area contributed by atoms with Crippen LogP contribution in [0, 0.1) is 11.3 Å². The first kappa shape index (κ1) is 12.8. The van der Waals surface area contributed by atoms with E-state index in [4.69, 9.17) is 5.26 Å². The predicted molar refractivity (Wildman–Crippen MR) is 63.9 cm³/mol. The van der Waals surface area contributed by atoms with E-state index < -0.39 is 5.97 Å². The molecule has 1 aromatic carbocycles. The average molecular weight is 230 g/mol. The molecule has 0 fully saturated rings. The molecule has 0 spiro atoms. The normalized spacial score (nSPS) is 11.8. The lowest BCUT2D eigenvalue weighted by molar-refractivity contribution is -0.134. The van der Waals surface area contributed by atoms with E-state index in [0.717, 1.165) is 5.56 Å². The van der Waals surface area contributed by atoms with Crippen LogP contribution in [0.25, 0.3) is 0 Å². The van der Waals surface area contributed by atoms with E-state index in [9.17, 15) is 4.79 Å². The Hall–Kier alpha value is -2.28. The predicted octanol–water partition coefficient (Wildman–Crippen LogP) is 1.90. The van der Waals surface area contributed by atoms with Gasteiger partial charge in [-0.15, -0.1) is 0 Å². The summed E-state index contributed by atoms with van der Waals surface area (Å²) in [5.74, 6) is -0.399. The number of esters is 1. The quantitative estimate of drug-likeness (QED) is 0.633. The highest BCUT2D eigenvalue weighted by Gasteiger charge is 2.02. The molecule has 0 aliphatic heterocycles. The Bertz CT molecular complexity index is 443. The van der Waals surface area contributed by atoms with E-state index in [0.29, 0.717) is 5.56 Å². The van der Waals surface area contributed by atoms with Crippen molar-refractivity contribution in [1.82, 2.24) is 5.32 Å². The number of methoxy groups -OCH3 is 1. The molecule has 1 aromatic rings. The van der Waals surface area contributed by atoms with Gasteiger partial charge in [0.15, 0.2) is 0 Å². The molecule has 1 unspecified atom stereocenters. The summed E-state index contributed by atoms with van der Waals surface area (Å²) in [6, 6.07) is 9.40. The van der Waals surface area contributed by atoms with E-state index in [1.807, 2.05) is 19.1 Å². The van der Waals surface area contributed by atoms with E-state index in [1.165, 1.54) is 13.2 Å². The Morgan fingerprint density at radius 1 is 1.47 bits per heavy atom. The number of nitrogens with zero attached hydrogens (tertiary/aromatic N) is 1. The van der Waals surface area contributed by atoms with Crippen LogP contribution >= 0.6 is 0 Å². The molecule has 0 heterocycles. The number of ether oxygens (including phenoxy) is 1. The number of hydrogen-bond acceptors (Lipinski definition) is 4. The maximum Gasteiger partial charge on any atom is 0.331 e. The summed E-state index contributed by atoms with van der Waals surface area (Å²) in [6.45, 7) is 1.96. The number of benzene rings is 1. The van der Waals surface area contributed by atoms with Gasteiger partial charge in [-0.25, -0.2) is 4.79 Å². The molecule has 1 atom stereocenters. The molecule has 4 nitrogen and oxygen atoms in total. The number of hydrogen-bond donors (Lipinski definition) is 1. The summed E-state index contributed by atoms with van der Waals surface area (Å²) in [6.07, 6.45) is 2.87. The van der Waals surface area contributed by atoms with Crippen LogP contribution in [0.1, 0.15) is 24.1 Å². The molecule has 0 radical (unpaired) electrons. The van der Waals surface area contributed by atoms with Gasteiger partial charge < -0.3 is 10.1 Å². The third kappa shape index (κ3) is 3.99. The lowest BCUT2D eigenvalue weighted by atomic mass is 10.1. The van der Waals surface area contributed by atoms with Crippen molar-refractivity contribution in [3.8, 4) is 6.07 Å². The van der Waals surface area contributed by atoms with Crippen molar-refractivity contribution in [2.75, 3.05) is 7.11 Å². The first-order valence-electron chi connectivity index (χ1n) is 5.18. The highest BCUT2D eigenvalue weighted by atomic mass is 16.5. The third-order valence-electron chi connectivity index (χ3n) is 2.31. The number of nitrogens with one attached hydrogen (secondary N) is 1. The minimum absolute atomic E-state index is 0.0589. The second-order valence-electron chi connectivity index (χ2n) is 3.48. The van der Waals surface area contributed by atoms with Crippen LogP contribution in [-0.4, -0.2) is 13.1 Å². The largest absolute Gasteiger partial charge is 0.466 e. The molecule has 17 heavy (non-hydrogen) atoms. The fourth-order valence-corrected chi connectivity index (χ4v) is 1.27. The molecule has 4 heteroatoms. The van der Waals surface area contributed by atoms with Gasteiger partial charge in [0.25, 0.3) is 0 Å². The highest BCUT2D eigenvalue weighted by molar-refractivity contribution is 5.81. The van der Waals surface area contributed by atoms with Crippen molar-refractivity contribution >= 4 is 5.97 Å². The molecule has 0 aliphatic rings. The molecule has 0 amide bonds. The third-order valence-corrected chi connectivity index (χ3v) is 2.31. The molecule has 0 bridgehead atoms. The smallest absolute Gasteiger partial charge is 0.331 e. The fraction of sp³-hybridized carbons (Fsp3) is 0.231. The Labute approximate surface area is 101 Å². The number of rotatable bonds is 4. The standard InChI is InChI=1S/C13H14N2O2/c1-10(15-8-7-13(16)17-2)12-5-3-11(9-14)4-6-12/h3-8,10,15H,1-2H3/b8-7+. The van der Waals surface area contributed by atoms with E-state index in [1.54, 1.807) is 18.3 Å². The molecule has 1 rings (SSSR count). The van der Waals surface area contributed by atoms with Gasteiger partial charge in [0, 0.05) is 18.3 Å². The molecule has 0 aliphatic carbocycles. The number of nitriles is 1. The van der Waals surface area contributed by atoms with Crippen molar-refractivity contribution in [1.29, 1.82) is 5.26 Å². The van der Waals surface area contributed by atoms with Crippen LogP contribution in [-0.2, 0) is 9.53 Å². The van der Waals surface area contributed by atoms with E-state index in [2.05, 4.69) is 16.1 Å². The van der Waals surface area contributed by atoms with Gasteiger partial charge in [0.1, 0.15) is 0 Å². The summed E-state index contributed by atoms with van der Waals surface area (Å²) in [5, 5.41) is 11.7. The molecular weight excluding hydrogens is 216 g/mol. The van der Waals surface area contributed by atoms with Crippen molar-refractivity contribution < 1.29 is 9.53 Å². The van der Waals surface area contributed by atoms with E-state index >= 15 is 0 Å². The number of carbonyl (C=O) groups is 1. The topological polar surface area (TPSA) is 62.1 Å². The van der Waals surface area contributed by atoms with Crippen LogP contribution in [0.2, 0.25) is 0 Å². The minimum Gasteiger partial charge on any atom is -0.466 e. The van der Waals surface area contributed by atoms with E-state index in [-0.39, 0.29) is 6.04 Å². The molecular formula is C13H14N2O2. The second kappa shape index (κ2) is 6.33. The fourth-order valence-electron chi connectivity index (χ4n) is 1.27. The Morgan fingerprint density at radius 2 is 2.12 bits per heavy atom. The second-order valence-corrected chi connectivity index (χ2v) is 3.48. The molecule has 0 saturated heterocycles. The summed E-state index contributed by atoms with van der Waals surface area (Å²) in [5.41, 5.74) is 1.67. The van der Waals surface area contributed by atoms with Crippen molar-refractivity contribution in [3.63, 3.8) is 0 Å². The van der Waals surface area contributed by atoms with Crippen LogP contribution in [0.15, 0.2) is 36.5 Å². The van der Waals surface area contributed by atoms with Gasteiger partial charge in [-0.05, 0) is 24.6 Å². The van der Waals surface area contributed by atoms with Crippen LogP contribution in [0.4, 0.5) is 0 Å². The molecule has 0 saturated carbocycles. The van der Waals surface area contributed by atoms with Crippen molar-refractivity contribution in [2.24, 2.45) is 0 Å². The lowest BCUT2D eigenvalue weighted by Gasteiger charge is -2.11. The van der Waals surface area contributed by atoms with Crippen LogP contribution in [0.3, 0.4) is 0 Å². The van der Waals surface area contributed by atoms with Gasteiger partial charge in [-0.3, -0.25) is 0 Å². The number of carbonyl (C=O) groups excluding carboxylic acids is 1. The zero-order valence-electron chi connectivity index (χ0n) is 9.81. The maximum absolute atomic E-state index is 10.8. The SMILES string of the molecule is COC(=O)/C=C/NC(C)c1ccc(C#N)cc1. The first-order valence-corrected chi connectivity index (χ1v) is 5.18. The summed E-state index contributed by atoms with van der Waals surface area (Å²) in [4.78, 5) is 10.8. The summed E-state index contributed by atoms with van der Waals surface area (Å²) >= 11 is 0. The first-order chi connectivity index (χ1) is 8.17. The van der Waals surface area contributed by atoms with Gasteiger partial charge in [-0.1, -0.05) is 12.1 Å². The zero-order chi connectivity index (χ0) is 12.7. The monoisotopic (exact) mass is 230 g/mol. The Balaban J connectivity index is 2.58. The maximum atomic E-state index is 10.8. The summed E-state index contributed by atoms with van der Waals surface area (Å²) in [7, 11) is 1.33. The molecule has 88 valence electrons. The lowest BCUT2D eigenvalue weighted by Crippen LogP contribution is -2.12. The van der Waals surface area contributed by atoms with Crippen LogP contribution < -0.4 is 5.32 Å². The van der Waals surface area contributed by atoms with Gasteiger partial charge >= 0.3 is 5.97 Å². The van der Waals surface area contributed by atoms with Crippen LogP contribution in [0.5, 0.6) is 0 Å². The van der Waals surface area contributed by atoms with Gasteiger partial charge in [0.2, 0.25) is 0 Å². The molecule has 0 aromatic heterocycles. The molecule has 1 N–H and O–H groups in total. The Morgan fingerprint density at radius 3 is 2.65 bits per heavy atom. The highest BCUT2D eigenvalue weighted by Crippen LogP contribution is 2.12. The Kier molecular flexibility index (Phi) is 4.77. The average Bonchev–Trinajstić information content (AvgIpc) is 2.38. The van der Waals surface area contributed by atoms with Gasteiger partial charge in [0.05, 0.1) is 18.7 Å². The minimum atomic E-state index is -0.399.